The van der Waals surface area contributed by atoms with E-state index in [-0.39, 0.29) is 0 Å². The van der Waals surface area contributed by atoms with Crippen molar-refractivity contribution in [2.24, 2.45) is 0 Å². The van der Waals surface area contributed by atoms with Crippen LogP contribution in [0.1, 0.15) is 0 Å². The summed E-state index contributed by atoms with van der Waals surface area (Å²) in [6, 6.07) is 13.0. The molecule has 1 heterocycles. The zero-order valence-corrected chi connectivity index (χ0v) is 12.2. The number of rotatable bonds is 0. The average molecular weight is 389 g/mol. The van der Waals surface area contributed by atoms with Crippen LogP contribution < -0.4 is 0 Å². The molecule has 2 aromatic carbocycles. The van der Waals surface area contributed by atoms with Gasteiger partial charge in [0, 0.05) is 28.2 Å². The Balaban J connectivity index is 2.61. The van der Waals surface area contributed by atoms with E-state index >= 15 is 0 Å². The van der Waals surface area contributed by atoms with E-state index in [1.807, 2.05) is 11.3 Å². The second-order valence-corrected chi connectivity index (χ2v) is 6.54. The van der Waals surface area contributed by atoms with Crippen LogP contribution in [0, 0.1) is 3.57 Å². The Hall–Kier alpha value is -0.130. The fourth-order valence-corrected chi connectivity index (χ4v) is 4.07. The van der Waals surface area contributed by atoms with Gasteiger partial charge in [0.1, 0.15) is 0 Å². The first-order valence-corrected chi connectivity index (χ1v) is 7.21. The Morgan fingerprint density at radius 3 is 2.80 bits per heavy atom. The fourth-order valence-electron chi connectivity index (χ4n) is 1.76. The lowest BCUT2D eigenvalue weighted by Gasteiger charge is -1.95. The predicted molar refractivity (Wildman–Crippen MR) is 79.7 cm³/mol. The van der Waals surface area contributed by atoms with Crippen molar-refractivity contribution >= 4 is 70.0 Å². The molecule has 0 aliphatic carbocycles. The van der Waals surface area contributed by atoms with E-state index in [0.717, 1.165) is 0 Å². The number of fused-ring (bicyclic) bond motifs is 3. The first-order chi connectivity index (χ1) is 7.25. The molecule has 15 heavy (non-hydrogen) atoms. The third-order valence-corrected chi connectivity index (χ3v) is 4.87. The Kier molecular flexibility index (Phi) is 2.49. The van der Waals surface area contributed by atoms with Gasteiger partial charge in [-0.15, -0.1) is 11.3 Å². The van der Waals surface area contributed by atoms with Crippen molar-refractivity contribution in [3.8, 4) is 0 Å². The molecule has 0 bridgehead atoms. The van der Waals surface area contributed by atoms with E-state index in [1.165, 1.54) is 28.2 Å². The number of thiophene rings is 1. The second kappa shape index (κ2) is 3.71. The minimum Gasteiger partial charge on any atom is -0.135 e. The molecule has 0 unspecified atom stereocenters. The molecule has 0 spiro atoms. The number of hydrogen-bond donors (Lipinski definition) is 0. The van der Waals surface area contributed by atoms with Crippen LogP contribution in [0.2, 0.25) is 0 Å². The standard InChI is InChI=1S/C12H6BrIS/c13-9-2-1-3-11-12(9)8-6-7(14)4-5-10(8)15-11/h1-6H. The highest BCUT2D eigenvalue weighted by Crippen LogP contribution is 2.38. The van der Waals surface area contributed by atoms with Crippen LogP contribution in [0.3, 0.4) is 0 Å². The lowest BCUT2D eigenvalue weighted by molar-refractivity contribution is 1.75. The minimum absolute atomic E-state index is 1.19. The van der Waals surface area contributed by atoms with Gasteiger partial charge in [-0.1, -0.05) is 22.0 Å². The van der Waals surface area contributed by atoms with E-state index in [2.05, 4.69) is 74.9 Å². The molecule has 0 aliphatic heterocycles. The zero-order valence-electron chi connectivity index (χ0n) is 7.63. The minimum atomic E-state index is 1.19. The molecule has 0 N–H and O–H groups in total. The van der Waals surface area contributed by atoms with E-state index in [9.17, 15) is 0 Å². The SMILES string of the molecule is Brc1cccc2sc3ccc(I)cc3c12. The van der Waals surface area contributed by atoms with Crippen LogP contribution >= 0.6 is 49.9 Å². The summed E-state index contributed by atoms with van der Waals surface area (Å²) < 4.78 is 5.18. The number of halogens is 2. The largest absolute Gasteiger partial charge is 0.135 e. The lowest BCUT2D eigenvalue weighted by atomic mass is 10.2. The highest BCUT2D eigenvalue weighted by molar-refractivity contribution is 14.1. The van der Waals surface area contributed by atoms with Crippen LogP contribution in [0.25, 0.3) is 20.2 Å². The van der Waals surface area contributed by atoms with E-state index in [4.69, 9.17) is 0 Å². The van der Waals surface area contributed by atoms with E-state index in [0.29, 0.717) is 0 Å². The zero-order chi connectivity index (χ0) is 10.4. The number of hydrogen-bond acceptors (Lipinski definition) is 1. The summed E-state index contributed by atoms with van der Waals surface area (Å²) in [4.78, 5) is 0. The average Bonchev–Trinajstić information content (AvgIpc) is 2.57. The molecule has 3 rings (SSSR count). The maximum absolute atomic E-state index is 3.63. The Morgan fingerprint density at radius 1 is 1.07 bits per heavy atom. The summed E-state index contributed by atoms with van der Waals surface area (Å²) in [5.74, 6) is 0. The Bertz CT molecular complexity index is 657. The van der Waals surface area contributed by atoms with Crippen LogP contribution in [0.4, 0.5) is 0 Å². The van der Waals surface area contributed by atoms with Crippen molar-refractivity contribution in [3.63, 3.8) is 0 Å². The predicted octanol–water partition coefficient (Wildman–Crippen LogP) is 5.42. The van der Waals surface area contributed by atoms with Crippen molar-refractivity contribution in [2.45, 2.75) is 0 Å². The molecule has 0 atom stereocenters. The molecule has 0 amide bonds. The molecule has 0 aliphatic rings. The van der Waals surface area contributed by atoms with Gasteiger partial charge in [-0.3, -0.25) is 0 Å². The summed E-state index contributed by atoms with van der Waals surface area (Å²) in [6.45, 7) is 0. The summed E-state index contributed by atoms with van der Waals surface area (Å²) in [5, 5.41) is 2.70. The monoisotopic (exact) mass is 388 g/mol. The van der Waals surface area contributed by atoms with Crippen molar-refractivity contribution in [1.82, 2.24) is 0 Å². The molecule has 0 saturated heterocycles. The van der Waals surface area contributed by atoms with Crippen molar-refractivity contribution in [3.05, 3.63) is 44.4 Å². The highest BCUT2D eigenvalue weighted by atomic mass is 127. The topological polar surface area (TPSA) is 0 Å². The van der Waals surface area contributed by atoms with Crippen molar-refractivity contribution < 1.29 is 0 Å². The van der Waals surface area contributed by atoms with Crippen LogP contribution in [0.5, 0.6) is 0 Å². The first-order valence-electron chi connectivity index (χ1n) is 4.52. The smallest absolute Gasteiger partial charge is 0.0366 e. The van der Waals surface area contributed by atoms with Crippen LogP contribution in [0.15, 0.2) is 40.9 Å². The molecule has 0 fully saturated rings. The Morgan fingerprint density at radius 2 is 1.93 bits per heavy atom. The van der Waals surface area contributed by atoms with Gasteiger partial charge in [0.05, 0.1) is 0 Å². The van der Waals surface area contributed by atoms with Gasteiger partial charge in [0.15, 0.2) is 0 Å². The normalized spacial score (nSPS) is 11.3. The molecule has 0 radical (unpaired) electrons. The third kappa shape index (κ3) is 1.61. The van der Waals surface area contributed by atoms with Gasteiger partial charge in [0.25, 0.3) is 0 Å². The molecule has 3 aromatic rings. The van der Waals surface area contributed by atoms with E-state index in [1.54, 1.807) is 0 Å². The van der Waals surface area contributed by atoms with Gasteiger partial charge in [-0.25, -0.2) is 0 Å². The first kappa shape index (κ1) is 10.1. The summed E-state index contributed by atoms with van der Waals surface area (Å²) >= 11 is 7.84. The highest BCUT2D eigenvalue weighted by Gasteiger charge is 2.07. The van der Waals surface area contributed by atoms with Crippen LogP contribution in [-0.4, -0.2) is 0 Å². The molecule has 3 heteroatoms. The molecule has 0 nitrogen and oxygen atoms in total. The lowest BCUT2D eigenvalue weighted by Crippen LogP contribution is -1.71. The van der Waals surface area contributed by atoms with Gasteiger partial charge in [-0.05, 0) is 52.9 Å². The van der Waals surface area contributed by atoms with Gasteiger partial charge >= 0.3 is 0 Å². The van der Waals surface area contributed by atoms with Gasteiger partial charge < -0.3 is 0 Å². The second-order valence-electron chi connectivity index (χ2n) is 3.36. The molecule has 0 saturated carbocycles. The summed E-state index contributed by atoms with van der Waals surface area (Å²) in [7, 11) is 0. The maximum atomic E-state index is 3.63. The number of benzene rings is 2. The molecular weight excluding hydrogens is 383 g/mol. The fraction of sp³-hybridized carbons (Fsp3) is 0. The summed E-state index contributed by atoms with van der Waals surface area (Å²) in [6.07, 6.45) is 0. The third-order valence-electron chi connectivity index (χ3n) is 2.41. The van der Waals surface area contributed by atoms with Gasteiger partial charge in [-0.2, -0.15) is 0 Å². The van der Waals surface area contributed by atoms with E-state index < -0.39 is 0 Å². The summed E-state index contributed by atoms with van der Waals surface area (Å²) in [5.41, 5.74) is 0. The molecule has 74 valence electrons. The van der Waals surface area contributed by atoms with Crippen molar-refractivity contribution in [1.29, 1.82) is 0 Å². The van der Waals surface area contributed by atoms with Gasteiger partial charge in [0.2, 0.25) is 0 Å². The quantitative estimate of drug-likeness (QED) is 0.451. The Labute approximate surface area is 114 Å². The van der Waals surface area contributed by atoms with Crippen LogP contribution in [-0.2, 0) is 0 Å². The molecule has 1 aromatic heterocycles. The maximum Gasteiger partial charge on any atom is 0.0366 e. The van der Waals surface area contributed by atoms with Crippen molar-refractivity contribution in [2.75, 3.05) is 0 Å². The molecular formula is C12H6BrIS.